The standard InChI is InChI=1S/C17H20NO/c1-3-14-19-17-11-8-15(9-12-17)7-10-16-6-4-5-13-18(16)2/h4-13H,3,14H2,1-2H3/q+1/b10-7+. The highest BCUT2D eigenvalue weighted by Crippen LogP contribution is 2.14. The van der Waals surface area contributed by atoms with E-state index in [1.165, 1.54) is 11.3 Å². The molecular weight excluding hydrogens is 234 g/mol. The van der Waals surface area contributed by atoms with E-state index in [4.69, 9.17) is 4.74 Å². The molecule has 1 heterocycles. The van der Waals surface area contributed by atoms with E-state index in [9.17, 15) is 0 Å². The summed E-state index contributed by atoms with van der Waals surface area (Å²) < 4.78 is 7.66. The first-order chi connectivity index (χ1) is 9.29. The molecule has 2 heteroatoms. The Balaban J connectivity index is 2.05. The van der Waals surface area contributed by atoms with Crippen LogP contribution in [0, 0.1) is 0 Å². The van der Waals surface area contributed by atoms with Gasteiger partial charge in [0.05, 0.1) is 6.61 Å². The second kappa shape index (κ2) is 6.74. The average Bonchev–Trinajstić information content (AvgIpc) is 2.45. The number of aromatic nitrogens is 1. The molecule has 0 radical (unpaired) electrons. The first kappa shape index (κ1) is 13.3. The van der Waals surface area contributed by atoms with Crippen LogP contribution in [0.25, 0.3) is 12.2 Å². The molecule has 98 valence electrons. The first-order valence-electron chi connectivity index (χ1n) is 6.65. The third-order valence-corrected chi connectivity index (χ3v) is 2.89. The lowest BCUT2D eigenvalue weighted by molar-refractivity contribution is -0.673. The van der Waals surface area contributed by atoms with E-state index >= 15 is 0 Å². The van der Waals surface area contributed by atoms with Crippen LogP contribution < -0.4 is 9.30 Å². The van der Waals surface area contributed by atoms with Gasteiger partial charge in [-0.1, -0.05) is 19.1 Å². The maximum absolute atomic E-state index is 5.56. The molecule has 0 fully saturated rings. The van der Waals surface area contributed by atoms with Crippen LogP contribution in [-0.4, -0.2) is 6.61 Å². The van der Waals surface area contributed by atoms with Gasteiger partial charge in [-0.15, -0.1) is 0 Å². The molecule has 0 aliphatic carbocycles. The van der Waals surface area contributed by atoms with Crippen molar-refractivity contribution in [1.29, 1.82) is 0 Å². The number of pyridine rings is 1. The third kappa shape index (κ3) is 3.95. The van der Waals surface area contributed by atoms with Gasteiger partial charge in [0.25, 0.3) is 0 Å². The Labute approximate surface area is 115 Å². The van der Waals surface area contributed by atoms with Gasteiger partial charge in [0, 0.05) is 18.2 Å². The molecule has 2 aromatic rings. The van der Waals surface area contributed by atoms with Gasteiger partial charge in [-0.2, -0.15) is 0 Å². The Hall–Kier alpha value is -2.09. The van der Waals surface area contributed by atoms with Crippen LogP contribution in [0.5, 0.6) is 5.75 Å². The zero-order chi connectivity index (χ0) is 13.5. The summed E-state index contributed by atoms with van der Waals surface area (Å²) in [5, 5.41) is 0. The van der Waals surface area contributed by atoms with Crippen molar-refractivity contribution in [2.75, 3.05) is 6.61 Å². The molecule has 0 unspecified atom stereocenters. The molecule has 0 saturated heterocycles. The number of hydrogen-bond acceptors (Lipinski definition) is 1. The molecule has 0 bridgehead atoms. The van der Waals surface area contributed by atoms with E-state index in [1.54, 1.807) is 0 Å². The highest BCUT2D eigenvalue weighted by molar-refractivity contribution is 5.67. The molecule has 2 rings (SSSR count). The molecule has 1 aromatic carbocycles. The van der Waals surface area contributed by atoms with Crippen molar-refractivity contribution in [2.45, 2.75) is 13.3 Å². The molecule has 2 nitrogen and oxygen atoms in total. The Kier molecular flexibility index (Phi) is 4.73. The lowest BCUT2D eigenvalue weighted by atomic mass is 10.2. The minimum atomic E-state index is 0.773. The van der Waals surface area contributed by atoms with Gasteiger partial charge in [0.15, 0.2) is 6.20 Å². The van der Waals surface area contributed by atoms with Gasteiger partial charge in [0.2, 0.25) is 5.69 Å². The summed E-state index contributed by atoms with van der Waals surface area (Å²) in [5.41, 5.74) is 2.35. The number of benzene rings is 1. The van der Waals surface area contributed by atoms with Gasteiger partial charge in [0.1, 0.15) is 12.8 Å². The second-order valence-corrected chi connectivity index (χ2v) is 4.49. The SMILES string of the molecule is CCCOc1ccc(/C=C/c2cccc[n+]2C)cc1. The highest BCUT2D eigenvalue weighted by atomic mass is 16.5. The van der Waals surface area contributed by atoms with E-state index in [-0.39, 0.29) is 0 Å². The van der Waals surface area contributed by atoms with Crippen LogP contribution in [-0.2, 0) is 7.05 Å². The van der Waals surface area contributed by atoms with Crippen LogP contribution in [0.4, 0.5) is 0 Å². The molecule has 0 aliphatic rings. The Morgan fingerprint density at radius 2 is 1.84 bits per heavy atom. The summed E-state index contributed by atoms with van der Waals surface area (Å²) in [6.45, 7) is 2.88. The van der Waals surface area contributed by atoms with Crippen LogP contribution in [0.3, 0.4) is 0 Å². The third-order valence-electron chi connectivity index (χ3n) is 2.89. The van der Waals surface area contributed by atoms with Crippen molar-refractivity contribution in [3.63, 3.8) is 0 Å². The van der Waals surface area contributed by atoms with Gasteiger partial charge in [-0.3, -0.25) is 0 Å². The molecule has 1 aromatic heterocycles. The second-order valence-electron chi connectivity index (χ2n) is 4.49. The fourth-order valence-electron chi connectivity index (χ4n) is 1.79. The van der Waals surface area contributed by atoms with Gasteiger partial charge >= 0.3 is 0 Å². The average molecular weight is 254 g/mol. The topological polar surface area (TPSA) is 13.1 Å². The molecule has 0 amide bonds. The maximum atomic E-state index is 5.56. The molecule has 0 aliphatic heterocycles. The summed E-state index contributed by atoms with van der Waals surface area (Å²) in [5.74, 6) is 0.935. The van der Waals surface area contributed by atoms with Crippen molar-refractivity contribution in [3.05, 3.63) is 59.9 Å². The predicted octanol–water partition coefficient (Wildman–Crippen LogP) is 3.47. The van der Waals surface area contributed by atoms with Crippen molar-refractivity contribution in [2.24, 2.45) is 7.05 Å². The predicted molar refractivity (Wildman–Crippen MR) is 78.8 cm³/mol. The summed E-state index contributed by atoms with van der Waals surface area (Å²) in [7, 11) is 2.04. The fraction of sp³-hybridized carbons (Fsp3) is 0.235. The summed E-state index contributed by atoms with van der Waals surface area (Å²) in [6.07, 6.45) is 7.30. The van der Waals surface area contributed by atoms with E-state index in [1.807, 2.05) is 37.5 Å². The minimum Gasteiger partial charge on any atom is -0.494 e. The summed E-state index contributed by atoms with van der Waals surface area (Å²) >= 11 is 0. The normalized spacial score (nSPS) is 10.8. The van der Waals surface area contributed by atoms with Crippen molar-refractivity contribution in [3.8, 4) is 5.75 Å². The minimum absolute atomic E-state index is 0.773. The molecule has 0 N–H and O–H groups in total. The van der Waals surface area contributed by atoms with Crippen LogP contribution in [0.2, 0.25) is 0 Å². The number of hydrogen-bond donors (Lipinski definition) is 0. The van der Waals surface area contributed by atoms with E-state index in [0.29, 0.717) is 0 Å². The summed E-state index contributed by atoms with van der Waals surface area (Å²) in [6, 6.07) is 14.3. The molecule has 19 heavy (non-hydrogen) atoms. The van der Waals surface area contributed by atoms with Crippen molar-refractivity contribution >= 4 is 12.2 Å². The monoisotopic (exact) mass is 254 g/mol. The zero-order valence-corrected chi connectivity index (χ0v) is 11.5. The summed E-state index contributed by atoms with van der Waals surface area (Å²) in [4.78, 5) is 0. The Morgan fingerprint density at radius 3 is 2.53 bits per heavy atom. The molecular formula is C17H20NO+. The van der Waals surface area contributed by atoms with Crippen LogP contribution in [0.1, 0.15) is 24.6 Å². The highest BCUT2D eigenvalue weighted by Gasteiger charge is 1.99. The van der Waals surface area contributed by atoms with Crippen LogP contribution >= 0.6 is 0 Å². The van der Waals surface area contributed by atoms with E-state index < -0.39 is 0 Å². The number of ether oxygens (including phenoxy) is 1. The Morgan fingerprint density at radius 1 is 1.05 bits per heavy atom. The quantitative estimate of drug-likeness (QED) is 0.745. The van der Waals surface area contributed by atoms with Crippen molar-refractivity contribution in [1.82, 2.24) is 0 Å². The Bertz CT molecular complexity index is 543. The number of aryl methyl sites for hydroxylation is 1. The lowest BCUT2D eigenvalue weighted by Crippen LogP contribution is -2.30. The molecule has 0 atom stereocenters. The fourth-order valence-corrected chi connectivity index (χ4v) is 1.79. The smallest absolute Gasteiger partial charge is 0.204 e. The van der Waals surface area contributed by atoms with E-state index in [2.05, 4.69) is 41.8 Å². The van der Waals surface area contributed by atoms with E-state index in [0.717, 1.165) is 18.8 Å². The molecule has 0 spiro atoms. The van der Waals surface area contributed by atoms with Gasteiger partial charge in [-0.25, -0.2) is 4.57 Å². The van der Waals surface area contributed by atoms with Gasteiger partial charge < -0.3 is 4.74 Å². The van der Waals surface area contributed by atoms with Crippen molar-refractivity contribution < 1.29 is 9.30 Å². The first-order valence-corrected chi connectivity index (χ1v) is 6.65. The molecule has 0 saturated carbocycles. The number of rotatable bonds is 5. The maximum Gasteiger partial charge on any atom is 0.204 e. The lowest BCUT2D eigenvalue weighted by Gasteiger charge is -2.03. The zero-order valence-electron chi connectivity index (χ0n) is 11.5. The van der Waals surface area contributed by atoms with Gasteiger partial charge in [-0.05, 0) is 36.3 Å². The largest absolute Gasteiger partial charge is 0.494 e. The van der Waals surface area contributed by atoms with Crippen LogP contribution in [0.15, 0.2) is 48.7 Å². The number of nitrogens with zero attached hydrogens (tertiary/aromatic N) is 1.